The van der Waals surface area contributed by atoms with Crippen LogP contribution in [-0.2, 0) is 14.9 Å². The molecule has 2 heterocycles. The number of aliphatic hydroxyl groups is 1. The molecule has 0 fully saturated rings. The van der Waals surface area contributed by atoms with Crippen molar-refractivity contribution in [2.45, 2.75) is 47.0 Å². The minimum Gasteiger partial charge on any atom is -0.506 e. The van der Waals surface area contributed by atoms with Crippen molar-refractivity contribution in [2.24, 2.45) is 5.41 Å². The molecule has 1 N–H and O–H groups in total. The van der Waals surface area contributed by atoms with Gasteiger partial charge in [0.25, 0.3) is 0 Å². The van der Waals surface area contributed by atoms with E-state index in [-0.39, 0.29) is 33.5 Å². The van der Waals surface area contributed by atoms with Gasteiger partial charge in [0, 0.05) is 11.5 Å². The van der Waals surface area contributed by atoms with Gasteiger partial charge in [-0.25, -0.2) is 4.42 Å². The van der Waals surface area contributed by atoms with Gasteiger partial charge in [-0.05, 0) is 80.5 Å². The number of Topliss-reactive ketones (excluding diaryl/α,β-unsaturated/α-hetero) is 1. The van der Waals surface area contributed by atoms with Gasteiger partial charge in [-0.1, -0.05) is 45.0 Å². The number of aliphatic hydroxyl groups excluding tert-OH is 1. The van der Waals surface area contributed by atoms with E-state index in [1.54, 1.807) is 26.4 Å². The summed E-state index contributed by atoms with van der Waals surface area (Å²) in [5.41, 5.74) is 2.96. The molecule has 6 nitrogen and oxygen atoms in total. The lowest BCUT2D eigenvalue weighted by Crippen LogP contribution is -2.21. The Balaban J connectivity index is 1.57. The summed E-state index contributed by atoms with van der Waals surface area (Å²) in [4.78, 5) is 13.5. The van der Waals surface area contributed by atoms with Crippen LogP contribution in [0, 0.1) is 5.41 Å². The van der Waals surface area contributed by atoms with Gasteiger partial charge in [0.2, 0.25) is 5.78 Å². The van der Waals surface area contributed by atoms with Crippen molar-refractivity contribution in [1.82, 2.24) is 0 Å². The highest BCUT2D eigenvalue weighted by molar-refractivity contribution is 6.23. The number of rotatable bonds is 6. The maximum absolute atomic E-state index is 13.5. The molecule has 2 aliphatic rings. The molecule has 0 saturated carbocycles. The molecule has 0 atom stereocenters. The predicted octanol–water partition coefficient (Wildman–Crippen LogP) is 9.25. The van der Waals surface area contributed by atoms with Crippen molar-refractivity contribution < 1.29 is 28.5 Å². The van der Waals surface area contributed by atoms with Crippen LogP contribution in [0.3, 0.4) is 0 Å². The molecule has 226 valence electrons. The Morgan fingerprint density at radius 1 is 0.795 bits per heavy atom. The van der Waals surface area contributed by atoms with Crippen molar-refractivity contribution >= 4 is 17.6 Å². The first-order chi connectivity index (χ1) is 20.8. The fourth-order valence-electron chi connectivity index (χ4n) is 4.96. The summed E-state index contributed by atoms with van der Waals surface area (Å²) in [5, 5.41) is 11.1. The molecule has 44 heavy (non-hydrogen) atoms. The number of para-hydroxylation sites is 2. The van der Waals surface area contributed by atoms with Gasteiger partial charge < -0.3 is 19.3 Å². The lowest BCUT2D eigenvalue weighted by molar-refractivity contribution is -0.113. The minimum atomic E-state index is -0.298. The topological polar surface area (TPSA) is 76.3 Å². The second-order valence-corrected chi connectivity index (χ2v) is 12.9. The predicted molar refractivity (Wildman–Crippen MR) is 174 cm³/mol. The molecule has 1 aliphatic carbocycles. The zero-order valence-corrected chi connectivity index (χ0v) is 26.6. The first-order valence-electron chi connectivity index (χ1n) is 14.6. The van der Waals surface area contributed by atoms with E-state index in [1.807, 2.05) is 72.8 Å². The highest BCUT2D eigenvalue weighted by Crippen LogP contribution is 2.41. The Morgan fingerprint density at radius 2 is 1.41 bits per heavy atom. The van der Waals surface area contributed by atoms with Crippen LogP contribution in [0.4, 0.5) is 0 Å². The van der Waals surface area contributed by atoms with E-state index >= 15 is 0 Å². The summed E-state index contributed by atoms with van der Waals surface area (Å²) in [5.74, 6) is 3.75. The van der Waals surface area contributed by atoms with E-state index in [0.717, 1.165) is 33.8 Å². The lowest BCUT2D eigenvalue weighted by atomic mass is 9.84. The van der Waals surface area contributed by atoms with E-state index in [4.69, 9.17) is 18.6 Å². The van der Waals surface area contributed by atoms with E-state index in [0.29, 0.717) is 23.0 Å². The number of hydrogen-bond acceptors (Lipinski definition) is 5. The summed E-state index contributed by atoms with van der Waals surface area (Å²) in [6.45, 7) is 12.4. The molecule has 3 aromatic rings. The molecule has 0 unspecified atom stereocenters. The number of methoxy groups -OCH3 is 2. The quantitative estimate of drug-likeness (QED) is 0.227. The fraction of sp³-hybridized carbons (Fsp3) is 0.263. The molecule has 0 saturated heterocycles. The zero-order chi connectivity index (χ0) is 31.8. The van der Waals surface area contributed by atoms with Crippen LogP contribution >= 0.6 is 0 Å². The molecule has 0 amide bonds. The average molecular weight is 592 g/mol. The summed E-state index contributed by atoms with van der Waals surface area (Å²) in [6, 6.07) is 19.0. The van der Waals surface area contributed by atoms with Crippen molar-refractivity contribution in [3.8, 4) is 22.8 Å². The van der Waals surface area contributed by atoms with Gasteiger partial charge in [0.15, 0.2) is 0 Å². The summed E-state index contributed by atoms with van der Waals surface area (Å²) in [6.07, 6.45) is 7.18. The second-order valence-electron chi connectivity index (χ2n) is 12.9. The van der Waals surface area contributed by atoms with Crippen molar-refractivity contribution in [2.75, 3.05) is 14.2 Å². The minimum absolute atomic E-state index is 0.0520. The molecule has 0 bridgehead atoms. The summed E-state index contributed by atoms with van der Waals surface area (Å²) in [7, 11) is 3.24. The zero-order valence-electron chi connectivity index (χ0n) is 26.6. The van der Waals surface area contributed by atoms with E-state index < -0.39 is 0 Å². The second kappa shape index (κ2) is 11.7. The van der Waals surface area contributed by atoms with Crippen LogP contribution in [0.1, 0.15) is 58.4 Å². The maximum Gasteiger partial charge on any atom is 0.364 e. The number of ether oxygens (including phenoxy) is 3. The van der Waals surface area contributed by atoms with Gasteiger partial charge in [0.05, 0.1) is 42.4 Å². The third kappa shape index (κ3) is 6.11. The highest BCUT2D eigenvalue weighted by atomic mass is 16.5. The van der Waals surface area contributed by atoms with Gasteiger partial charge >= 0.3 is 11.5 Å². The maximum atomic E-state index is 13.5. The molecular formula is C38H39O6+. The third-order valence-electron chi connectivity index (χ3n) is 7.48. The molecule has 5 rings (SSSR count). The van der Waals surface area contributed by atoms with Crippen molar-refractivity contribution in [3.63, 3.8) is 0 Å². The van der Waals surface area contributed by atoms with Crippen LogP contribution in [0.25, 0.3) is 23.2 Å². The molecular weight excluding hydrogens is 552 g/mol. The number of ketones is 1. The Bertz CT molecular complexity index is 1780. The number of hydrogen-bond donors (Lipinski definition) is 1. The van der Waals surface area contributed by atoms with Gasteiger partial charge in [-0.15, -0.1) is 0 Å². The van der Waals surface area contributed by atoms with E-state index in [9.17, 15) is 9.90 Å². The number of allylic oxidation sites excluding steroid dienone is 7. The molecule has 6 heteroatoms. The fourth-order valence-corrected chi connectivity index (χ4v) is 4.96. The molecule has 0 spiro atoms. The van der Waals surface area contributed by atoms with Crippen LogP contribution in [0.15, 0.2) is 112 Å². The Morgan fingerprint density at radius 3 is 2.00 bits per heavy atom. The standard InChI is InChI=1S/C38H38O6/c1-37(2,3)33-21-23(19-31(43-33)25-13-9-11-15-29(25)41-7)17-27-35(39)28(36(27)40)18-24-20-32(44-34(22-24)38(4,5)6)26-14-10-12-16-30(26)42-8/h9-22H,1-8H3/p+1. The van der Waals surface area contributed by atoms with Gasteiger partial charge in [-0.3, -0.25) is 4.79 Å². The van der Waals surface area contributed by atoms with Crippen LogP contribution < -0.4 is 9.47 Å². The number of benzene rings is 2. The normalized spacial score (nSPS) is 17.2. The Labute approximate surface area is 259 Å². The average Bonchev–Trinajstić information content (AvgIpc) is 3.01. The van der Waals surface area contributed by atoms with E-state index in [2.05, 4.69) is 41.5 Å². The molecule has 1 aliphatic heterocycles. The summed E-state index contributed by atoms with van der Waals surface area (Å²) < 4.78 is 23.8. The largest absolute Gasteiger partial charge is 0.506 e. The van der Waals surface area contributed by atoms with Crippen LogP contribution in [-0.4, -0.2) is 25.1 Å². The Kier molecular flexibility index (Phi) is 8.13. The molecule has 2 aromatic carbocycles. The summed E-state index contributed by atoms with van der Waals surface area (Å²) >= 11 is 0. The highest BCUT2D eigenvalue weighted by Gasteiger charge is 2.35. The Hall–Kier alpha value is -4.84. The van der Waals surface area contributed by atoms with Gasteiger partial charge in [0.1, 0.15) is 34.3 Å². The van der Waals surface area contributed by atoms with Crippen LogP contribution in [0.5, 0.6) is 11.5 Å². The smallest absolute Gasteiger partial charge is 0.364 e. The lowest BCUT2D eigenvalue weighted by Gasteiger charge is -2.28. The van der Waals surface area contributed by atoms with Crippen molar-refractivity contribution in [1.29, 1.82) is 0 Å². The number of carbonyl (C=O) groups excluding carboxylic acids is 1. The monoisotopic (exact) mass is 591 g/mol. The van der Waals surface area contributed by atoms with Gasteiger partial charge in [-0.2, -0.15) is 0 Å². The SMILES string of the molecule is COc1ccccc1C1=CC(=CC2=C(O)C(=Cc3cc(-c4ccccc4OC)[o+]c(C(C)(C)C)c3)C2=O)C=C(C(C)(C)C)O1. The molecule has 0 radical (unpaired) electrons. The first-order valence-corrected chi connectivity index (χ1v) is 14.6. The van der Waals surface area contributed by atoms with Crippen molar-refractivity contribution in [3.05, 3.63) is 124 Å². The first kappa shape index (κ1) is 30.6. The van der Waals surface area contributed by atoms with E-state index in [1.165, 1.54) is 0 Å². The molecule has 1 aromatic heterocycles. The number of carbonyl (C=O) groups is 1. The van der Waals surface area contributed by atoms with Crippen LogP contribution in [0.2, 0.25) is 0 Å². The third-order valence-corrected chi connectivity index (χ3v) is 7.48.